The first kappa shape index (κ1) is 32.1. The fourth-order valence-electron chi connectivity index (χ4n) is 5.09. The Balaban J connectivity index is 1.16. The number of aliphatic carboxylic acids is 2. The molecule has 1 atom stereocenters. The van der Waals surface area contributed by atoms with Gasteiger partial charge in [-0.2, -0.15) is 0 Å². The Morgan fingerprint density at radius 3 is 2.54 bits per heavy atom. The van der Waals surface area contributed by atoms with Gasteiger partial charge in [0.2, 0.25) is 5.95 Å². The minimum Gasteiger partial charge on any atom is -0.494 e. The fourth-order valence-corrected chi connectivity index (χ4v) is 5.09. The van der Waals surface area contributed by atoms with E-state index in [1.54, 1.807) is 16.8 Å². The molecule has 1 aromatic carbocycles. The molecule has 1 aliphatic heterocycles. The molecule has 15 nitrogen and oxygen atoms in total. The van der Waals surface area contributed by atoms with Crippen molar-refractivity contribution in [3.63, 3.8) is 0 Å². The number of carbonyl (C=O) groups is 3. The lowest BCUT2D eigenvalue weighted by molar-refractivity contribution is -0.172. The number of rotatable bonds is 13. The van der Waals surface area contributed by atoms with Crippen molar-refractivity contribution in [2.75, 3.05) is 56.7 Å². The SMILES string of the molecule is COc1cc(N2CCN(CCOC(=O)CC(O)(CC(=O)O)C(=O)O)CC2)ccc1Nc1ncc(F)c(-c2cnc3ccccn23)n1. The number of anilines is 3. The highest BCUT2D eigenvalue weighted by Crippen LogP contribution is 2.32. The predicted molar refractivity (Wildman–Crippen MR) is 162 cm³/mol. The molecule has 46 heavy (non-hydrogen) atoms. The van der Waals surface area contributed by atoms with E-state index < -0.39 is 42.2 Å². The second-order valence-electron chi connectivity index (χ2n) is 10.6. The van der Waals surface area contributed by atoms with E-state index in [1.807, 2.05) is 36.4 Å². The molecule has 3 aromatic heterocycles. The molecule has 242 valence electrons. The number of carbonyl (C=O) groups excluding carboxylic acids is 1. The standard InChI is InChI=1S/C30H32FN7O8/c1-45-23-14-19(37-10-8-36(9-11-37)12-13-46-26(41)16-30(44,28(42)43)15-25(39)40)5-6-21(23)34-29-33-17-20(31)27(35-29)22-18-32-24-4-2-3-7-38(22)24/h2-7,14,17-18,44H,8-13,15-16H2,1H3,(H,39,40)(H,42,43)(H,33,34,35). The lowest BCUT2D eigenvalue weighted by Crippen LogP contribution is -2.47. The van der Waals surface area contributed by atoms with Crippen molar-refractivity contribution in [3.8, 4) is 17.1 Å². The molecular formula is C30H32FN7O8. The third kappa shape index (κ3) is 7.30. The monoisotopic (exact) mass is 637 g/mol. The minimum absolute atomic E-state index is 0.0415. The summed E-state index contributed by atoms with van der Waals surface area (Å²) in [6.07, 6.45) is 2.35. The Morgan fingerprint density at radius 1 is 1.04 bits per heavy atom. The van der Waals surface area contributed by atoms with Gasteiger partial charge in [0.25, 0.3) is 0 Å². The van der Waals surface area contributed by atoms with Crippen LogP contribution in [0.25, 0.3) is 17.0 Å². The Labute approximate surface area is 261 Å². The molecule has 0 radical (unpaired) electrons. The van der Waals surface area contributed by atoms with Gasteiger partial charge in [0.05, 0.1) is 43.7 Å². The first-order valence-corrected chi connectivity index (χ1v) is 14.3. The summed E-state index contributed by atoms with van der Waals surface area (Å²) in [6, 6.07) is 11.1. The van der Waals surface area contributed by atoms with E-state index in [0.29, 0.717) is 55.5 Å². The molecule has 4 aromatic rings. The molecule has 1 aliphatic rings. The normalized spacial score (nSPS) is 14.9. The smallest absolute Gasteiger partial charge is 0.336 e. The third-order valence-electron chi connectivity index (χ3n) is 7.52. The van der Waals surface area contributed by atoms with Crippen LogP contribution in [-0.4, -0.2) is 110 Å². The number of aromatic nitrogens is 4. The molecule has 5 rings (SSSR count). The number of ether oxygens (including phenoxy) is 2. The molecule has 1 saturated heterocycles. The number of hydrogen-bond donors (Lipinski definition) is 4. The van der Waals surface area contributed by atoms with Gasteiger partial charge in [0, 0.05) is 50.7 Å². The number of nitrogens with one attached hydrogen (secondary N) is 1. The number of esters is 1. The summed E-state index contributed by atoms with van der Waals surface area (Å²) in [5.41, 5.74) is 0.00391. The summed E-state index contributed by atoms with van der Waals surface area (Å²) in [7, 11) is 1.54. The summed E-state index contributed by atoms with van der Waals surface area (Å²) in [4.78, 5) is 51.2. The van der Waals surface area contributed by atoms with Gasteiger partial charge in [-0.05, 0) is 24.3 Å². The van der Waals surface area contributed by atoms with E-state index in [2.05, 4.69) is 30.1 Å². The first-order chi connectivity index (χ1) is 22.1. The molecule has 1 unspecified atom stereocenters. The Hall–Kier alpha value is -5.35. The number of aliphatic hydroxyl groups is 1. The number of fused-ring (bicyclic) bond motifs is 1. The number of piperazine rings is 1. The summed E-state index contributed by atoms with van der Waals surface area (Å²) >= 11 is 0. The summed E-state index contributed by atoms with van der Waals surface area (Å²) in [5.74, 6) is -4.23. The van der Waals surface area contributed by atoms with Crippen LogP contribution in [-0.2, 0) is 19.1 Å². The van der Waals surface area contributed by atoms with Crippen molar-refractivity contribution >= 4 is 40.9 Å². The van der Waals surface area contributed by atoms with Crippen LogP contribution < -0.4 is 15.0 Å². The maximum atomic E-state index is 14.8. The van der Waals surface area contributed by atoms with Gasteiger partial charge in [-0.1, -0.05) is 6.07 Å². The maximum Gasteiger partial charge on any atom is 0.336 e. The number of halogens is 1. The maximum absolute atomic E-state index is 14.8. The van der Waals surface area contributed by atoms with Crippen molar-refractivity contribution in [1.82, 2.24) is 24.3 Å². The number of imidazole rings is 1. The Morgan fingerprint density at radius 2 is 1.83 bits per heavy atom. The van der Waals surface area contributed by atoms with Crippen LogP contribution in [0.3, 0.4) is 0 Å². The van der Waals surface area contributed by atoms with Gasteiger partial charge in [-0.15, -0.1) is 0 Å². The van der Waals surface area contributed by atoms with Gasteiger partial charge in [0.15, 0.2) is 11.4 Å². The quantitative estimate of drug-likeness (QED) is 0.156. The van der Waals surface area contributed by atoms with Gasteiger partial charge in [-0.25, -0.2) is 24.1 Å². The number of hydrogen-bond acceptors (Lipinski definition) is 12. The molecule has 0 aliphatic carbocycles. The van der Waals surface area contributed by atoms with Crippen molar-refractivity contribution in [1.29, 1.82) is 0 Å². The summed E-state index contributed by atoms with van der Waals surface area (Å²) < 4.78 is 27.2. The highest BCUT2D eigenvalue weighted by molar-refractivity contribution is 5.88. The average Bonchev–Trinajstić information content (AvgIpc) is 3.46. The van der Waals surface area contributed by atoms with Crippen LogP contribution in [0.5, 0.6) is 5.75 Å². The van der Waals surface area contributed by atoms with Crippen LogP contribution >= 0.6 is 0 Å². The van der Waals surface area contributed by atoms with Gasteiger partial charge < -0.3 is 35.0 Å². The van der Waals surface area contributed by atoms with Crippen LogP contribution in [0.4, 0.5) is 21.7 Å². The number of nitrogens with zero attached hydrogens (tertiary/aromatic N) is 6. The molecule has 4 heterocycles. The molecule has 0 amide bonds. The van der Waals surface area contributed by atoms with Crippen molar-refractivity contribution in [2.45, 2.75) is 18.4 Å². The molecule has 16 heteroatoms. The van der Waals surface area contributed by atoms with Crippen molar-refractivity contribution < 1.29 is 43.6 Å². The van der Waals surface area contributed by atoms with Crippen LogP contribution in [0.1, 0.15) is 12.8 Å². The predicted octanol–water partition coefficient (Wildman–Crippen LogP) is 2.03. The van der Waals surface area contributed by atoms with Crippen molar-refractivity contribution in [2.24, 2.45) is 0 Å². The molecule has 0 saturated carbocycles. The van der Waals surface area contributed by atoms with E-state index in [0.717, 1.165) is 11.9 Å². The van der Waals surface area contributed by atoms with E-state index in [-0.39, 0.29) is 18.2 Å². The minimum atomic E-state index is -2.73. The molecule has 4 N–H and O–H groups in total. The zero-order chi connectivity index (χ0) is 32.8. The average molecular weight is 638 g/mol. The van der Waals surface area contributed by atoms with E-state index in [1.165, 1.54) is 7.11 Å². The lowest BCUT2D eigenvalue weighted by atomic mass is 9.96. The molecule has 0 bridgehead atoms. The van der Waals surface area contributed by atoms with Gasteiger partial charge in [0.1, 0.15) is 23.7 Å². The van der Waals surface area contributed by atoms with Crippen LogP contribution in [0.2, 0.25) is 0 Å². The summed E-state index contributed by atoms with van der Waals surface area (Å²) in [6.45, 7) is 2.95. The van der Waals surface area contributed by atoms with E-state index in [4.69, 9.17) is 19.7 Å². The first-order valence-electron chi connectivity index (χ1n) is 14.3. The number of carboxylic acid groups (broad SMARTS) is 2. The molecule has 0 spiro atoms. The van der Waals surface area contributed by atoms with Gasteiger partial charge in [-0.3, -0.25) is 18.9 Å². The van der Waals surface area contributed by atoms with Crippen LogP contribution in [0.15, 0.2) is 55.0 Å². The Kier molecular flexibility index (Phi) is 9.58. The second kappa shape index (κ2) is 13.7. The number of benzene rings is 1. The lowest BCUT2D eigenvalue weighted by Gasteiger charge is -2.36. The number of pyridine rings is 1. The van der Waals surface area contributed by atoms with E-state index >= 15 is 0 Å². The van der Waals surface area contributed by atoms with E-state index in [9.17, 15) is 23.9 Å². The largest absolute Gasteiger partial charge is 0.494 e. The zero-order valence-corrected chi connectivity index (χ0v) is 24.8. The second-order valence-corrected chi connectivity index (χ2v) is 10.6. The number of carboxylic acids is 2. The van der Waals surface area contributed by atoms with Crippen molar-refractivity contribution in [3.05, 3.63) is 60.8 Å². The van der Waals surface area contributed by atoms with Gasteiger partial charge >= 0.3 is 17.9 Å². The number of methoxy groups -OCH3 is 1. The highest BCUT2D eigenvalue weighted by atomic mass is 19.1. The third-order valence-corrected chi connectivity index (χ3v) is 7.52. The van der Waals surface area contributed by atoms with Crippen LogP contribution in [0, 0.1) is 5.82 Å². The molecule has 1 fully saturated rings. The molecular weight excluding hydrogens is 605 g/mol. The topological polar surface area (TPSA) is 192 Å². The summed E-state index contributed by atoms with van der Waals surface area (Å²) in [5, 5.41) is 31.0. The fraction of sp³-hybridized carbons (Fsp3) is 0.333. The highest BCUT2D eigenvalue weighted by Gasteiger charge is 2.41. The zero-order valence-electron chi connectivity index (χ0n) is 24.8. The Bertz CT molecular complexity index is 1740.